The molecule has 7 nitrogen and oxygen atoms in total. The maximum absolute atomic E-state index is 12.5. The fraction of sp³-hybridized carbons (Fsp3) is 0.611. The smallest absolute Gasteiger partial charge is 0.317 e. The molecule has 0 spiro atoms. The molecule has 26 heavy (non-hydrogen) atoms. The number of amides is 2. The van der Waals surface area contributed by atoms with Crippen molar-refractivity contribution < 1.29 is 18.3 Å². The topological polar surface area (TPSA) is 98.7 Å². The van der Waals surface area contributed by atoms with Gasteiger partial charge in [0.1, 0.15) is 0 Å². The summed E-state index contributed by atoms with van der Waals surface area (Å²) in [5.41, 5.74) is 0.887. The number of nitrogens with one attached hydrogen (secondary N) is 2. The number of urea groups is 1. The SMILES string of the molecule is O=C(NCCS(=O)(=O)NCc1ccccc1)N1CC2CC3CC2C1C3O. The molecule has 3 fully saturated rings. The van der Waals surface area contributed by atoms with Crippen molar-refractivity contribution in [2.45, 2.75) is 31.5 Å². The quantitative estimate of drug-likeness (QED) is 0.671. The highest BCUT2D eigenvalue weighted by Gasteiger charge is 2.59. The third kappa shape index (κ3) is 3.33. The van der Waals surface area contributed by atoms with Gasteiger partial charge in [0.05, 0.1) is 17.9 Å². The summed E-state index contributed by atoms with van der Waals surface area (Å²) < 4.78 is 26.7. The van der Waals surface area contributed by atoms with Crippen LogP contribution in [0.15, 0.2) is 30.3 Å². The van der Waals surface area contributed by atoms with E-state index in [0.29, 0.717) is 24.3 Å². The second-order valence-corrected chi connectivity index (χ2v) is 9.57. The Labute approximate surface area is 153 Å². The maximum atomic E-state index is 12.5. The molecule has 3 aliphatic rings. The van der Waals surface area contributed by atoms with E-state index in [-0.39, 0.29) is 30.9 Å². The van der Waals surface area contributed by atoms with E-state index in [1.54, 1.807) is 4.90 Å². The molecular formula is C18H25N3O4S. The van der Waals surface area contributed by atoms with Crippen molar-refractivity contribution in [2.75, 3.05) is 18.8 Å². The Kier molecular flexibility index (Phi) is 4.66. The molecule has 8 heteroatoms. The lowest BCUT2D eigenvalue weighted by atomic mass is 9.88. The predicted molar refractivity (Wildman–Crippen MR) is 96.7 cm³/mol. The fourth-order valence-electron chi connectivity index (χ4n) is 4.90. The molecular weight excluding hydrogens is 354 g/mol. The molecule has 2 saturated carbocycles. The third-order valence-corrected chi connectivity index (χ3v) is 7.42. The third-order valence-electron chi connectivity index (χ3n) is 6.10. The number of hydrogen-bond donors (Lipinski definition) is 3. The minimum absolute atomic E-state index is 0.0566. The van der Waals surface area contributed by atoms with Crippen LogP contribution in [-0.2, 0) is 16.6 Å². The van der Waals surface area contributed by atoms with Gasteiger partial charge >= 0.3 is 6.03 Å². The molecule has 1 heterocycles. The van der Waals surface area contributed by atoms with E-state index in [4.69, 9.17) is 0 Å². The monoisotopic (exact) mass is 379 g/mol. The lowest BCUT2D eigenvalue weighted by Gasteiger charge is -2.28. The molecule has 1 aromatic carbocycles. The van der Waals surface area contributed by atoms with Gasteiger partial charge in [0.2, 0.25) is 10.0 Å². The molecule has 1 aromatic rings. The average Bonchev–Trinajstić information content (AvgIpc) is 3.23. The van der Waals surface area contributed by atoms with Crippen molar-refractivity contribution in [3.05, 3.63) is 35.9 Å². The number of aliphatic hydroxyl groups is 1. The molecule has 5 atom stereocenters. The number of carbonyl (C=O) groups is 1. The molecule has 3 N–H and O–H groups in total. The molecule has 5 unspecified atom stereocenters. The minimum atomic E-state index is -3.46. The van der Waals surface area contributed by atoms with Gasteiger partial charge in [0.15, 0.2) is 0 Å². The van der Waals surface area contributed by atoms with Crippen LogP contribution in [0.25, 0.3) is 0 Å². The average molecular weight is 379 g/mol. The van der Waals surface area contributed by atoms with E-state index < -0.39 is 16.1 Å². The van der Waals surface area contributed by atoms with Crippen molar-refractivity contribution in [3.63, 3.8) is 0 Å². The van der Waals surface area contributed by atoms with Gasteiger partial charge in [-0.15, -0.1) is 0 Å². The molecule has 2 bridgehead atoms. The van der Waals surface area contributed by atoms with Gasteiger partial charge < -0.3 is 15.3 Å². The summed E-state index contributed by atoms with van der Waals surface area (Å²) in [6.07, 6.45) is 1.59. The Morgan fingerprint density at radius 3 is 2.69 bits per heavy atom. The number of nitrogens with zero attached hydrogens (tertiary/aromatic N) is 1. The van der Waals surface area contributed by atoms with Crippen molar-refractivity contribution in [1.82, 2.24) is 14.9 Å². The van der Waals surface area contributed by atoms with Crippen LogP contribution >= 0.6 is 0 Å². The number of likely N-dealkylation sites (tertiary alicyclic amines) is 1. The Morgan fingerprint density at radius 1 is 1.19 bits per heavy atom. The predicted octanol–water partition coefficient (Wildman–Crippen LogP) is 0.517. The zero-order chi connectivity index (χ0) is 18.3. The first-order valence-corrected chi connectivity index (χ1v) is 10.8. The molecule has 2 amide bonds. The van der Waals surface area contributed by atoms with E-state index in [0.717, 1.165) is 18.4 Å². The van der Waals surface area contributed by atoms with Crippen molar-refractivity contribution in [1.29, 1.82) is 0 Å². The van der Waals surface area contributed by atoms with Crippen LogP contribution in [0, 0.1) is 17.8 Å². The maximum Gasteiger partial charge on any atom is 0.317 e. The molecule has 1 saturated heterocycles. The lowest BCUT2D eigenvalue weighted by Crippen LogP contribution is -2.49. The van der Waals surface area contributed by atoms with Crippen LogP contribution in [0.1, 0.15) is 18.4 Å². The summed E-state index contributed by atoms with van der Waals surface area (Å²) in [7, 11) is -3.46. The Bertz CT molecular complexity index is 768. The fourth-order valence-corrected chi connectivity index (χ4v) is 5.81. The largest absolute Gasteiger partial charge is 0.391 e. The van der Waals surface area contributed by atoms with E-state index in [9.17, 15) is 18.3 Å². The van der Waals surface area contributed by atoms with Crippen LogP contribution in [0.4, 0.5) is 4.79 Å². The van der Waals surface area contributed by atoms with Gasteiger partial charge in [-0.3, -0.25) is 0 Å². The number of sulfonamides is 1. The number of aliphatic hydroxyl groups excluding tert-OH is 1. The second-order valence-electron chi connectivity index (χ2n) is 7.65. The van der Waals surface area contributed by atoms with Crippen molar-refractivity contribution >= 4 is 16.1 Å². The molecule has 0 aromatic heterocycles. The van der Waals surface area contributed by atoms with Gasteiger partial charge in [0, 0.05) is 19.6 Å². The van der Waals surface area contributed by atoms with Crippen LogP contribution in [0.5, 0.6) is 0 Å². The number of fused-ring (bicyclic) bond motifs is 1. The highest BCUT2D eigenvalue weighted by atomic mass is 32.2. The Balaban J connectivity index is 1.25. The lowest BCUT2D eigenvalue weighted by molar-refractivity contribution is 0.0610. The van der Waals surface area contributed by atoms with Crippen LogP contribution in [0.3, 0.4) is 0 Å². The van der Waals surface area contributed by atoms with Crippen LogP contribution < -0.4 is 10.0 Å². The van der Waals surface area contributed by atoms with Crippen molar-refractivity contribution in [3.8, 4) is 0 Å². The van der Waals surface area contributed by atoms with E-state index in [1.165, 1.54) is 0 Å². The van der Waals surface area contributed by atoms with E-state index >= 15 is 0 Å². The zero-order valence-electron chi connectivity index (χ0n) is 14.5. The van der Waals surface area contributed by atoms with Crippen molar-refractivity contribution in [2.24, 2.45) is 17.8 Å². The Hall–Kier alpha value is -1.64. The summed E-state index contributed by atoms with van der Waals surface area (Å²) >= 11 is 0. The van der Waals surface area contributed by atoms with E-state index in [1.807, 2.05) is 30.3 Å². The molecule has 2 aliphatic carbocycles. The number of carbonyl (C=O) groups excluding carboxylic acids is 1. The number of rotatable bonds is 6. The highest BCUT2D eigenvalue weighted by molar-refractivity contribution is 7.89. The molecule has 1 aliphatic heterocycles. The molecule has 142 valence electrons. The Morgan fingerprint density at radius 2 is 1.96 bits per heavy atom. The van der Waals surface area contributed by atoms with Gasteiger partial charge in [-0.1, -0.05) is 30.3 Å². The zero-order valence-corrected chi connectivity index (χ0v) is 15.4. The summed E-state index contributed by atoms with van der Waals surface area (Å²) in [6, 6.07) is 8.94. The summed E-state index contributed by atoms with van der Waals surface area (Å²) in [4.78, 5) is 14.2. The van der Waals surface area contributed by atoms with Crippen LogP contribution in [0.2, 0.25) is 0 Å². The minimum Gasteiger partial charge on any atom is -0.391 e. The van der Waals surface area contributed by atoms with Gasteiger partial charge in [-0.05, 0) is 36.2 Å². The van der Waals surface area contributed by atoms with Crippen LogP contribution in [-0.4, -0.2) is 55.4 Å². The van der Waals surface area contributed by atoms with Gasteiger partial charge in [-0.25, -0.2) is 17.9 Å². The number of benzene rings is 1. The second kappa shape index (κ2) is 6.83. The first kappa shape index (κ1) is 17.8. The highest BCUT2D eigenvalue weighted by Crippen LogP contribution is 2.54. The first-order valence-electron chi connectivity index (χ1n) is 9.18. The first-order chi connectivity index (χ1) is 12.4. The standard InChI is InChI=1S/C18H25N3O4S/c22-17-13-8-14-11-21(16(17)15(14)9-13)18(23)19-6-7-26(24,25)20-10-12-4-2-1-3-5-12/h1-5,13-17,20,22H,6-11H2,(H,19,23). The molecule has 0 radical (unpaired) electrons. The molecule has 4 rings (SSSR count). The summed E-state index contributed by atoms with van der Waals surface area (Å²) in [5.74, 6) is 1.07. The normalized spacial score (nSPS) is 32.2. The number of hydrogen-bond acceptors (Lipinski definition) is 4. The summed E-state index contributed by atoms with van der Waals surface area (Å²) in [5, 5.41) is 13.0. The van der Waals surface area contributed by atoms with E-state index in [2.05, 4.69) is 10.0 Å². The summed E-state index contributed by atoms with van der Waals surface area (Å²) in [6.45, 7) is 0.969. The van der Waals surface area contributed by atoms with Gasteiger partial charge in [-0.2, -0.15) is 0 Å². The van der Waals surface area contributed by atoms with Gasteiger partial charge in [0.25, 0.3) is 0 Å².